The summed E-state index contributed by atoms with van der Waals surface area (Å²) in [6.45, 7) is 0. The normalized spacial score (nSPS) is 14.2. The second-order valence-corrected chi connectivity index (χ2v) is 8.04. The van der Waals surface area contributed by atoms with Crippen LogP contribution in [0, 0.1) is 0 Å². The highest BCUT2D eigenvalue weighted by Gasteiger charge is 2.25. The molecule has 0 saturated heterocycles. The van der Waals surface area contributed by atoms with E-state index in [-0.39, 0.29) is 22.5 Å². The Kier molecular flexibility index (Phi) is 5.41. The summed E-state index contributed by atoms with van der Waals surface area (Å²) in [4.78, 5) is 0. The van der Waals surface area contributed by atoms with E-state index in [2.05, 4.69) is 0 Å². The number of sulfone groups is 1. The summed E-state index contributed by atoms with van der Waals surface area (Å²) in [7, 11) is -3.80. The van der Waals surface area contributed by atoms with Gasteiger partial charge in [0, 0.05) is 33.9 Å². The standard InChI is InChI=1S/C16H22N4O4S/c17-9-1-3-11(13(19)5-9)15(21)7-25(23,24)8-16(22)12-4-2-10(18)6-14(12)20/h1-6,15-16,21-22H,7-8,17-20H2. The van der Waals surface area contributed by atoms with Gasteiger partial charge >= 0.3 is 0 Å². The van der Waals surface area contributed by atoms with Crippen LogP contribution in [0.15, 0.2) is 36.4 Å². The van der Waals surface area contributed by atoms with E-state index in [1.54, 1.807) is 0 Å². The Hall–Kier alpha value is -2.49. The van der Waals surface area contributed by atoms with E-state index < -0.39 is 33.6 Å². The second kappa shape index (κ2) is 7.18. The van der Waals surface area contributed by atoms with Crippen molar-refractivity contribution in [2.45, 2.75) is 12.2 Å². The van der Waals surface area contributed by atoms with E-state index in [4.69, 9.17) is 22.9 Å². The molecule has 0 saturated carbocycles. The molecule has 0 amide bonds. The molecule has 10 N–H and O–H groups in total. The van der Waals surface area contributed by atoms with E-state index in [1.165, 1.54) is 36.4 Å². The number of hydrogen-bond donors (Lipinski definition) is 6. The van der Waals surface area contributed by atoms with Crippen molar-refractivity contribution in [3.63, 3.8) is 0 Å². The highest BCUT2D eigenvalue weighted by Crippen LogP contribution is 2.27. The van der Waals surface area contributed by atoms with Gasteiger partial charge in [-0.3, -0.25) is 0 Å². The van der Waals surface area contributed by atoms with Gasteiger partial charge in [0.2, 0.25) is 0 Å². The van der Waals surface area contributed by atoms with Crippen molar-refractivity contribution < 1.29 is 18.6 Å². The molecule has 0 aliphatic heterocycles. The average molecular weight is 366 g/mol. The maximum atomic E-state index is 12.3. The average Bonchev–Trinajstić information content (AvgIpc) is 2.45. The third-order valence-electron chi connectivity index (χ3n) is 3.76. The highest BCUT2D eigenvalue weighted by atomic mass is 32.2. The number of benzene rings is 2. The van der Waals surface area contributed by atoms with Crippen LogP contribution in [-0.4, -0.2) is 30.1 Å². The molecule has 0 bridgehead atoms. The lowest BCUT2D eigenvalue weighted by molar-refractivity contribution is 0.195. The zero-order chi connectivity index (χ0) is 18.8. The molecule has 0 aliphatic carbocycles. The van der Waals surface area contributed by atoms with Crippen LogP contribution in [0.5, 0.6) is 0 Å². The van der Waals surface area contributed by atoms with Gasteiger partial charge in [-0.2, -0.15) is 0 Å². The van der Waals surface area contributed by atoms with Crippen molar-refractivity contribution >= 4 is 32.6 Å². The van der Waals surface area contributed by atoms with Gasteiger partial charge in [0.15, 0.2) is 9.84 Å². The van der Waals surface area contributed by atoms with Gasteiger partial charge < -0.3 is 33.1 Å². The monoisotopic (exact) mass is 366 g/mol. The second-order valence-electron chi connectivity index (χ2n) is 5.89. The van der Waals surface area contributed by atoms with Gasteiger partial charge in [0.05, 0.1) is 23.7 Å². The molecule has 8 nitrogen and oxygen atoms in total. The topological polar surface area (TPSA) is 179 Å². The first-order valence-corrected chi connectivity index (χ1v) is 9.27. The molecule has 0 fully saturated rings. The van der Waals surface area contributed by atoms with Crippen LogP contribution in [0.4, 0.5) is 22.7 Å². The van der Waals surface area contributed by atoms with E-state index in [0.29, 0.717) is 11.4 Å². The lowest BCUT2D eigenvalue weighted by Gasteiger charge is -2.17. The molecule has 2 atom stereocenters. The predicted octanol–water partition coefficient (Wildman–Crippen LogP) is 0.197. The quantitative estimate of drug-likeness (QED) is 0.392. The third-order valence-corrected chi connectivity index (χ3v) is 5.41. The Labute approximate surface area is 146 Å². The SMILES string of the molecule is Nc1ccc(C(O)CS(=O)(=O)CC(O)c2ccc(N)cc2N)c(N)c1. The zero-order valence-electron chi connectivity index (χ0n) is 13.5. The van der Waals surface area contributed by atoms with Gasteiger partial charge in [-0.15, -0.1) is 0 Å². The van der Waals surface area contributed by atoms with Gasteiger partial charge in [-0.05, 0) is 24.3 Å². The molecule has 0 radical (unpaired) electrons. The van der Waals surface area contributed by atoms with Crippen LogP contribution < -0.4 is 22.9 Å². The molecule has 2 rings (SSSR count). The van der Waals surface area contributed by atoms with Crippen molar-refractivity contribution in [3.8, 4) is 0 Å². The molecule has 25 heavy (non-hydrogen) atoms. The van der Waals surface area contributed by atoms with E-state index in [1.807, 2.05) is 0 Å². The Morgan fingerprint density at radius 2 is 1.12 bits per heavy atom. The summed E-state index contributed by atoms with van der Waals surface area (Å²) in [5.41, 5.74) is 24.4. The maximum absolute atomic E-state index is 12.3. The third kappa shape index (κ3) is 4.75. The van der Waals surface area contributed by atoms with Crippen molar-refractivity contribution in [2.75, 3.05) is 34.4 Å². The van der Waals surface area contributed by atoms with Gasteiger partial charge in [0.1, 0.15) is 0 Å². The number of anilines is 4. The molecule has 2 aromatic rings. The first kappa shape index (κ1) is 18.8. The van der Waals surface area contributed by atoms with Crippen LogP contribution in [0.25, 0.3) is 0 Å². The Morgan fingerprint density at radius 3 is 1.44 bits per heavy atom. The molecule has 2 aromatic carbocycles. The Balaban J connectivity index is 2.13. The lowest BCUT2D eigenvalue weighted by Crippen LogP contribution is -2.22. The molecule has 2 unspecified atom stereocenters. The number of rotatable bonds is 6. The summed E-state index contributed by atoms with van der Waals surface area (Å²) in [6.07, 6.45) is -2.66. The van der Waals surface area contributed by atoms with Crippen LogP contribution in [0.1, 0.15) is 23.3 Å². The number of hydrogen-bond acceptors (Lipinski definition) is 8. The summed E-state index contributed by atoms with van der Waals surface area (Å²) in [6, 6.07) is 8.86. The van der Waals surface area contributed by atoms with Crippen molar-refractivity contribution in [1.82, 2.24) is 0 Å². The molecular weight excluding hydrogens is 344 g/mol. The summed E-state index contributed by atoms with van der Waals surface area (Å²) >= 11 is 0. The zero-order valence-corrected chi connectivity index (χ0v) is 14.3. The minimum atomic E-state index is -3.80. The molecule has 0 heterocycles. The number of aliphatic hydroxyl groups is 2. The van der Waals surface area contributed by atoms with Crippen LogP contribution in [0.2, 0.25) is 0 Å². The Morgan fingerprint density at radius 1 is 0.760 bits per heavy atom. The Bertz CT molecular complexity index is 805. The summed E-state index contributed by atoms with van der Waals surface area (Å²) < 4.78 is 24.6. The van der Waals surface area contributed by atoms with E-state index in [0.717, 1.165) is 0 Å². The van der Waals surface area contributed by atoms with E-state index >= 15 is 0 Å². The minimum Gasteiger partial charge on any atom is -0.399 e. The van der Waals surface area contributed by atoms with Crippen molar-refractivity contribution in [1.29, 1.82) is 0 Å². The molecule has 136 valence electrons. The molecular formula is C16H22N4O4S. The molecule has 0 spiro atoms. The first-order valence-electron chi connectivity index (χ1n) is 7.45. The van der Waals surface area contributed by atoms with Gasteiger partial charge in [0.25, 0.3) is 0 Å². The van der Waals surface area contributed by atoms with Gasteiger partial charge in [-0.25, -0.2) is 8.42 Å². The number of aliphatic hydroxyl groups excluding tert-OH is 2. The van der Waals surface area contributed by atoms with E-state index in [9.17, 15) is 18.6 Å². The van der Waals surface area contributed by atoms with Gasteiger partial charge in [-0.1, -0.05) is 12.1 Å². The molecule has 0 aliphatic rings. The van der Waals surface area contributed by atoms with Crippen molar-refractivity contribution in [2.24, 2.45) is 0 Å². The molecule has 0 aromatic heterocycles. The fourth-order valence-corrected chi connectivity index (χ4v) is 3.98. The smallest absolute Gasteiger partial charge is 0.156 e. The minimum absolute atomic E-state index is 0.200. The first-order chi connectivity index (χ1) is 11.6. The van der Waals surface area contributed by atoms with Crippen LogP contribution in [0.3, 0.4) is 0 Å². The molecule has 9 heteroatoms. The predicted molar refractivity (Wildman–Crippen MR) is 99.1 cm³/mol. The highest BCUT2D eigenvalue weighted by molar-refractivity contribution is 7.91. The number of nitrogens with two attached hydrogens (primary N) is 4. The van der Waals surface area contributed by atoms with Crippen LogP contribution >= 0.6 is 0 Å². The van der Waals surface area contributed by atoms with Crippen molar-refractivity contribution in [3.05, 3.63) is 47.5 Å². The summed E-state index contributed by atoms with van der Waals surface area (Å²) in [5, 5.41) is 20.4. The maximum Gasteiger partial charge on any atom is 0.156 e. The summed E-state index contributed by atoms with van der Waals surface area (Å²) in [5.74, 6) is -1.18. The fraction of sp³-hybridized carbons (Fsp3) is 0.250. The van der Waals surface area contributed by atoms with Crippen LogP contribution in [-0.2, 0) is 9.84 Å². The largest absolute Gasteiger partial charge is 0.399 e. The fourth-order valence-electron chi connectivity index (χ4n) is 2.52. The lowest BCUT2D eigenvalue weighted by atomic mass is 10.1. The number of nitrogen functional groups attached to an aromatic ring is 4.